The van der Waals surface area contributed by atoms with Crippen LogP contribution in [0.2, 0.25) is 0 Å². The normalized spacial score (nSPS) is 18.9. The summed E-state index contributed by atoms with van der Waals surface area (Å²) in [6, 6.07) is 14.2. The molecular formula is C26H32N4O3. The molecule has 7 heteroatoms. The number of carbonyl (C=O) groups is 1. The van der Waals surface area contributed by atoms with E-state index in [-0.39, 0.29) is 17.2 Å². The van der Waals surface area contributed by atoms with Crippen molar-refractivity contribution in [1.29, 1.82) is 0 Å². The third-order valence-electron chi connectivity index (χ3n) is 6.21. The van der Waals surface area contributed by atoms with E-state index in [0.29, 0.717) is 28.8 Å². The molecule has 2 aromatic carbocycles. The molecule has 1 amide bonds. The van der Waals surface area contributed by atoms with Crippen LogP contribution in [0.3, 0.4) is 0 Å². The number of rotatable bonds is 7. The lowest BCUT2D eigenvalue weighted by Crippen LogP contribution is -2.40. The summed E-state index contributed by atoms with van der Waals surface area (Å²) in [5, 5.41) is 8.46. The fourth-order valence-corrected chi connectivity index (χ4v) is 4.89. The van der Waals surface area contributed by atoms with Gasteiger partial charge in [0.25, 0.3) is 11.5 Å². The first kappa shape index (κ1) is 23.0. The molecule has 1 N–H and O–H groups in total. The van der Waals surface area contributed by atoms with E-state index < -0.39 is 0 Å². The van der Waals surface area contributed by atoms with Crippen LogP contribution in [-0.2, 0) is 0 Å². The molecule has 7 nitrogen and oxygen atoms in total. The molecule has 0 unspecified atom stereocenters. The van der Waals surface area contributed by atoms with E-state index >= 15 is 0 Å². The number of likely N-dealkylation sites (tertiary alicyclic amines) is 1. The van der Waals surface area contributed by atoms with Crippen LogP contribution in [0.1, 0.15) is 37.2 Å². The Labute approximate surface area is 194 Å². The van der Waals surface area contributed by atoms with Crippen molar-refractivity contribution >= 4 is 16.7 Å². The van der Waals surface area contributed by atoms with Crippen LogP contribution in [0.25, 0.3) is 16.5 Å². The van der Waals surface area contributed by atoms with Gasteiger partial charge >= 0.3 is 0 Å². The van der Waals surface area contributed by atoms with Gasteiger partial charge in [-0.1, -0.05) is 44.2 Å². The van der Waals surface area contributed by atoms with Crippen molar-refractivity contribution in [2.24, 2.45) is 11.8 Å². The average Bonchev–Trinajstić information content (AvgIpc) is 2.81. The van der Waals surface area contributed by atoms with Crippen molar-refractivity contribution in [3.63, 3.8) is 0 Å². The molecular weight excluding hydrogens is 416 g/mol. The van der Waals surface area contributed by atoms with Gasteiger partial charge in [0, 0.05) is 25.0 Å². The van der Waals surface area contributed by atoms with Crippen molar-refractivity contribution in [2.75, 3.05) is 33.3 Å². The molecule has 1 aliphatic heterocycles. The zero-order valence-corrected chi connectivity index (χ0v) is 19.6. The Morgan fingerprint density at radius 3 is 2.45 bits per heavy atom. The second kappa shape index (κ2) is 10.2. The molecule has 4 rings (SSSR count). The van der Waals surface area contributed by atoms with E-state index in [9.17, 15) is 9.59 Å². The smallest absolute Gasteiger partial charge is 0.279 e. The Morgan fingerprint density at radius 1 is 1.06 bits per heavy atom. The summed E-state index contributed by atoms with van der Waals surface area (Å²) < 4.78 is 6.67. The van der Waals surface area contributed by atoms with E-state index in [1.165, 1.54) is 11.1 Å². The second-order valence-corrected chi connectivity index (χ2v) is 9.10. The third-order valence-corrected chi connectivity index (χ3v) is 6.21. The van der Waals surface area contributed by atoms with Gasteiger partial charge in [0.15, 0.2) is 5.69 Å². The summed E-state index contributed by atoms with van der Waals surface area (Å²) >= 11 is 0. The molecule has 1 aliphatic rings. The van der Waals surface area contributed by atoms with Gasteiger partial charge in [0.05, 0.1) is 12.5 Å². The SMILES string of the molecule is COc1ccccc1-n1nc(C(=O)NCCCN2C[C@@H](C)C[C@H](C)C2)c2ccccc2c1=O. The first-order valence-electron chi connectivity index (χ1n) is 11.6. The number of methoxy groups -OCH3 is 1. The number of ether oxygens (including phenoxy) is 1. The number of nitrogens with zero attached hydrogens (tertiary/aromatic N) is 3. The average molecular weight is 449 g/mol. The molecule has 1 aromatic heterocycles. The quantitative estimate of drug-likeness (QED) is 0.560. The zero-order valence-electron chi connectivity index (χ0n) is 19.6. The van der Waals surface area contributed by atoms with E-state index in [2.05, 4.69) is 29.2 Å². The second-order valence-electron chi connectivity index (χ2n) is 9.10. The Morgan fingerprint density at radius 2 is 1.73 bits per heavy atom. The van der Waals surface area contributed by atoms with E-state index in [1.54, 1.807) is 37.4 Å². The molecule has 2 atom stereocenters. The van der Waals surface area contributed by atoms with E-state index in [1.807, 2.05) is 18.2 Å². The highest BCUT2D eigenvalue weighted by molar-refractivity contribution is 6.04. The maximum atomic E-state index is 13.2. The number of para-hydroxylation sites is 2. The van der Waals surface area contributed by atoms with Crippen LogP contribution in [0, 0.1) is 11.8 Å². The lowest BCUT2D eigenvalue weighted by atomic mass is 9.92. The lowest BCUT2D eigenvalue weighted by molar-refractivity contribution is 0.0942. The fraction of sp³-hybridized carbons (Fsp3) is 0.423. The van der Waals surface area contributed by atoms with Gasteiger partial charge in [0.2, 0.25) is 0 Å². The highest BCUT2D eigenvalue weighted by Crippen LogP contribution is 2.22. The van der Waals surface area contributed by atoms with Gasteiger partial charge in [-0.25, -0.2) is 0 Å². The number of amides is 1. The van der Waals surface area contributed by atoms with Crippen LogP contribution in [0.4, 0.5) is 0 Å². The van der Waals surface area contributed by atoms with Crippen LogP contribution < -0.4 is 15.6 Å². The fourth-order valence-electron chi connectivity index (χ4n) is 4.89. The molecule has 1 saturated heterocycles. The largest absolute Gasteiger partial charge is 0.494 e. The number of hydrogen-bond donors (Lipinski definition) is 1. The lowest BCUT2D eigenvalue weighted by Gasteiger charge is -2.34. The maximum absolute atomic E-state index is 13.2. The number of piperidine rings is 1. The highest BCUT2D eigenvalue weighted by atomic mass is 16.5. The number of nitrogens with one attached hydrogen (secondary N) is 1. The molecule has 0 saturated carbocycles. The van der Waals surface area contributed by atoms with Crippen molar-refractivity contribution in [2.45, 2.75) is 26.7 Å². The standard InChI is InChI=1S/C26H32N4O3/c1-18-15-19(2)17-29(16-18)14-8-13-27-25(31)24-20-9-4-5-10-21(20)26(32)30(28-24)22-11-6-7-12-23(22)33-3/h4-7,9-12,18-19H,8,13-17H2,1-3H3,(H,27,31)/t18-,19-/m0/s1. The monoisotopic (exact) mass is 448 g/mol. The molecule has 1 fully saturated rings. The minimum absolute atomic E-state index is 0.233. The molecule has 3 aromatic rings. The predicted octanol–water partition coefficient (Wildman–Crippen LogP) is 3.49. The van der Waals surface area contributed by atoms with Crippen molar-refractivity contribution in [3.05, 3.63) is 64.6 Å². The predicted molar refractivity (Wildman–Crippen MR) is 130 cm³/mol. The molecule has 2 heterocycles. The Kier molecular flexibility index (Phi) is 7.08. The minimum Gasteiger partial charge on any atom is -0.494 e. The molecule has 0 radical (unpaired) electrons. The molecule has 33 heavy (non-hydrogen) atoms. The van der Waals surface area contributed by atoms with E-state index in [4.69, 9.17) is 4.74 Å². The number of hydrogen-bond acceptors (Lipinski definition) is 5. The Balaban J connectivity index is 1.55. The minimum atomic E-state index is -0.292. The topological polar surface area (TPSA) is 76.5 Å². The summed E-state index contributed by atoms with van der Waals surface area (Å²) in [5.41, 5.74) is 0.439. The third kappa shape index (κ3) is 5.09. The van der Waals surface area contributed by atoms with Gasteiger partial charge in [0.1, 0.15) is 11.4 Å². The molecule has 0 spiro atoms. The van der Waals surface area contributed by atoms with Gasteiger partial charge < -0.3 is 15.0 Å². The summed E-state index contributed by atoms with van der Waals surface area (Å²) in [4.78, 5) is 28.8. The van der Waals surface area contributed by atoms with Crippen molar-refractivity contribution in [3.8, 4) is 11.4 Å². The maximum Gasteiger partial charge on any atom is 0.279 e. The Hall–Kier alpha value is -3.19. The van der Waals surface area contributed by atoms with Gasteiger partial charge in [-0.05, 0) is 49.4 Å². The number of benzene rings is 2. The van der Waals surface area contributed by atoms with Crippen molar-refractivity contribution < 1.29 is 9.53 Å². The van der Waals surface area contributed by atoms with Crippen LogP contribution in [0.5, 0.6) is 5.75 Å². The van der Waals surface area contributed by atoms with Crippen LogP contribution in [0.15, 0.2) is 53.3 Å². The molecule has 0 aliphatic carbocycles. The van der Waals surface area contributed by atoms with Gasteiger partial charge in [-0.15, -0.1) is 0 Å². The number of carbonyl (C=O) groups excluding carboxylic acids is 1. The highest BCUT2D eigenvalue weighted by Gasteiger charge is 2.22. The summed E-state index contributed by atoms with van der Waals surface area (Å²) in [6.45, 7) is 8.37. The zero-order chi connectivity index (χ0) is 23.4. The van der Waals surface area contributed by atoms with Crippen LogP contribution in [-0.4, -0.2) is 53.9 Å². The summed E-state index contributed by atoms with van der Waals surface area (Å²) in [5.74, 6) is 1.67. The van der Waals surface area contributed by atoms with Crippen molar-refractivity contribution in [1.82, 2.24) is 20.0 Å². The summed E-state index contributed by atoms with van der Waals surface area (Å²) in [7, 11) is 1.54. The number of aromatic nitrogens is 2. The molecule has 0 bridgehead atoms. The van der Waals surface area contributed by atoms with Gasteiger partial charge in [-0.3, -0.25) is 9.59 Å². The Bertz CT molecular complexity index is 1180. The summed E-state index contributed by atoms with van der Waals surface area (Å²) in [6.07, 6.45) is 2.16. The van der Waals surface area contributed by atoms with Crippen LogP contribution >= 0.6 is 0 Å². The van der Waals surface area contributed by atoms with E-state index in [0.717, 1.165) is 37.9 Å². The number of fused-ring (bicyclic) bond motifs is 1. The first-order chi connectivity index (χ1) is 16.0. The first-order valence-corrected chi connectivity index (χ1v) is 11.6. The molecule has 174 valence electrons. The van der Waals surface area contributed by atoms with Gasteiger partial charge in [-0.2, -0.15) is 9.78 Å².